The number of hydrogen-bond acceptors (Lipinski definition) is 5. The molecule has 1 aromatic carbocycles. The van der Waals surface area contributed by atoms with Gasteiger partial charge in [-0.2, -0.15) is 4.68 Å². The maximum Gasteiger partial charge on any atom is 0.272 e. The van der Waals surface area contributed by atoms with Crippen LogP contribution in [0, 0.1) is 0 Å². The molecule has 3 aromatic rings. The van der Waals surface area contributed by atoms with Gasteiger partial charge < -0.3 is 10.3 Å². The highest BCUT2D eigenvalue weighted by molar-refractivity contribution is 6.03. The minimum Gasteiger partial charge on any atom is -0.319 e. The Morgan fingerprint density at radius 2 is 2.00 bits per heavy atom. The van der Waals surface area contributed by atoms with Crippen molar-refractivity contribution < 1.29 is 4.79 Å². The molecule has 0 aliphatic heterocycles. The predicted molar refractivity (Wildman–Crippen MR) is 74.2 cm³/mol. The highest BCUT2D eigenvalue weighted by Gasteiger charge is 2.11. The lowest BCUT2D eigenvalue weighted by Crippen LogP contribution is -2.18. The zero-order chi connectivity index (χ0) is 14.7. The Kier molecular flexibility index (Phi) is 3.26. The molecular formula is C13H10N6O2. The first-order chi connectivity index (χ1) is 10.2. The normalized spacial score (nSPS) is 10.3. The first kappa shape index (κ1) is 12.7. The fourth-order valence-corrected chi connectivity index (χ4v) is 1.82. The molecule has 0 aliphatic rings. The summed E-state index contributed by atoms with van der Waals surface area (Å²) in [5.41, 5.74) is 0.985. The Morgan fingerprint density at radius 3 is 2.76 bits per heavy atom. The minimum atomic E-state index is -0.423. The van der Waals surface area contributed by atoms with Crippen molar-refractivity contribution in [3.8, 4) is 5.69 Å². The molecule has 0 saturated carbocycles. The molecule has 21 heavy (non-hydrogen) atoms. The summed E-state index contributed by atoms with van der Waals surface area (Å²) in [6.07, 6.45) is 1.43. The number of anilines is 1. The lowest BCUT2D eigenvalue weighted by molar-refractivity contribution is 0.102. The minimum absolute atomic E-state index is 0.175. The smallest absolute Gasteiger partial charge is 0.272 e. The second-order valence-corrected chi connectivity index (χ2v) is 4.15. The first-order valence-electron chi connectivity index (χ1n) is 6.07. The van der Waals surface area contributed by atoms with Crippen molar-refractivity contribution in [2.45, 2.75) is 0 Å². The van der Waals surface area contributed by atoms with Gasteiger partial charge in [-0.1, -0.05) is 18.2 Å². The average molecular weight is 282 g/mol. The van der Waals surface area contributed by atoms with Crippen LogP contribution < -0.4 is 10.9 Å². The van der Waals surface area contributed by atoms with E-state index in [0.29, 0.717) is 11.4 Å². The van der Waals surface area contributed by atoms with Crippen molar-refractivity contribution in [2.24, 2.45) is 0 Å². The van der Waals surface area contributed by atoms with Gasteiger partial charge in [0.05, 0.1) is 11.4 Å². The highest BCUT2D eigenvalue weighted by Crippen LogP contribution is 2.18. The van der Waals surface area contributed by atoms with Crippen molar-refractivity contribution in [2.75, 3.05) is 5.32 Å². The Morgan fingerprint density at radius 1 is 1.14 bits per heavy atom. The van der Waals surface area contributed by atoms with Gasteiger partial charge in [0.1, 0.15) is 12.0 Å². The van der Waals surface area contributed by atoms with Crippen LogP contribution in [0.1, 0.15) is 10.5 Å². The number of carbonyl (C=O) groups is 1. The molecule has 0 aliphatic carbocycles. The fourth-order valence-electron chi connectivity index (χ4n) is 1.82. The number of nitrogens with zero attached hydrogens (tertiary/aromatic N) is 4. The van der Waals surface area contributed by atoms with Crippen LogP contribution in [0.25, 0.3) is 5.69 Å². The van der Waals surface area contributed by atoms with Crippen LogP contribution in [-0.4, -0.2) is 31.1 Å². The number of pyridine rings is 1. The third-order valence-corrected chi connectivity index (χ3v) is 2.76. The maximum absolute atomic E-state index is 12.1. The third-order valence-electron chi connectivity index (χ3n) is 2.76. The number of rotatable bonds is 3. The lowest BCUT2D eigenvalue weighted by Gasteiger charge is -2.09. The van der Waals surface area contributed by atoms with E-state index in [1.807, 2.05) is 0 Å². The van der Waals surface area contributed by atoms with Crippen molar-refractivity contribution in [1.29, 1.82) is 0 Å². The molecule has 0 spiro atoms. The Hall–Kier alpha value is -3.29. The summed E-state index contributed by atoms with van der Waals surface area (Å²) in [6, 6.07) is 11.4. The van der Waals surface area contributed by atoms with Crippen LogP contribution in [0.4, 0.5) is 5.69 Å². The van der Waals surface area contributed by atoms with Crippen LogP contribution >= 0.6 is 0 Å². The summed E-state index contributed by atoms with van der Waals surface area (Å²) in [6.45, 7) is 0. The zero-order valence-corrected chi connectivity index (χ0v) is 10.7. The number of aromatic amines is 1. The van der Waals surface area contributed by atoms with E-state index in [2.05, 4.69) is 25.8 Å². The van der Waals surface area contributed by atoms with Crippen molar-refractivity contribution in [3.63, 3.8) is 0 Å². The molecule has 8 heteroatoms. The highest BCUT2D eigenvalue weighted by atomic mass is 16.2. The summed E-state index contributed by atoms with van der Waals surface area (Å²) >= 11 is 0. The van der Waals surface area contributed by atoms with Crippen molar-refractivity contribution >= 4 is 11.6 Å². The molecule has 8 nitrogen and oxygen atoms in total. The van der Waals surface area contributed by atoms with Gasteiger partial charge in [-0.15, -0.1) is 5.10 Å². The van der Waals surface area contributed by atoms with E-state index in [-0.39, 0.29) is 11.3 Å². The fraction of sp³-hybridized carbons (Fsp3) is 0. The largest absolute Gasteiger partial charge is 0.319 e. The second kappa shape index (κ2) is 5.37. The maximum atomic E-state index is 12.1. The van der Waals surface area contributed by atoms with Gasteiger partial charge >= 0.3 is 0 Å². The van der Waals surface area contributed by atoms with Gasteiger partial charge in [0.25, 0.3) is 5.91 Å². The van der Waals surface area contributed by atoms with Crippen molar-refractivity contribution in [1.82, 2.24) is 25.2 Å². The molecule has 0 radical (unpaired) electrons. The number of para-hydroxylation sites is 2. The Bertz CT molecular complexity index is 824. The van der Waals surface area contributed by atoms with Crippen molar-refractivity contribution in [3.05, 3.63) is 64.8 Å². The van der Waals surface area contributed by atoms with Gasteiger partial charge in [-0.05, 0) is 28.6 Å². The van der Waals surface area contributed by atoms with Gasteiger partial charge in [0.2, 0.25) is 5.56 Å². The number of hydrogen-bond donors (Lipinski definition) is 2. The van der Waals surface area contributed by atoms with Gasteiger partial charge in [0, 0.05) is 6.07 Å². The van der Waals surface area contributed by atoms with E-state index in [4.69, 9.17) is 0 Å². The molecule has 0 fully saturated rings. The monoisotopic (exact) mass is 282 g/mol. The van der Waals surface area contributed by atoms with Crippen LogP contribution in [-0.2, 0) is 0 Å². The lowest BCUT2D eigenvalue weighted by atomic mass is 10.2. The van der Waals surface area contributed by atoms with E-state index < -0.39 is 5.91 Å². The number of tetrazole rings is 1. The summed E-state index contributed by atoms with van der Waals surface area (Å²) in [4.78, 5) is 25.8. The summed E-state index contributed by atoms with van der Waals surface area (Å²) in [5, 5.41) is 13.6. The summed E-state index contributed by atoms with van der Waals surface area (Å²) in [5.74, 6) is -0.423. The number of aromatic nitrogens is 5. The second-order valence-electron chi connectivity index (χ2n) is 4.15. The predicted octanol–water partition coefficient (Wildman–Crippen LogP) is 0.603. The molecule has 3 rings (SSSR count). The van der Waals surface area contributed by atoms with Gasteiger partial charge in [-0.25, -0.2) is 0 Å². The molecule has 2 aromatic heterocycles. The van der Waals surface area contributed by atoms with Crippen LogP contribution in [0.2, 0.25) is 0 Å². The molecule has 0 bridgehead atoms. The SMILES string of the molecule is O=C(Nc1ccccc1-n1cnnn1)c1cccc(=O)[nH]1. The number of nitrogens with one attached hydrogen (secondary N) is 2. The summed E-state index contributed by atoms with van der Waals surface area (Å²) in [7, 11) is 0. The van der Waals surface area contributed by atoms with E-state index in [0.717, 1.165) is 0 Å². The number of amides is 1. The van der Waals surface area contributed by atoms with Gasteiger partial charge in [-0.3, -0.25) is 9.59 Å². The molecule has 1 amide bonds. The van der Waals surface area contributed by atoms with Crippen LogP contribution in [0.5, 0.6) is 0 Å². The van der Waals surface area contributed by atoms with E-state index in [9.17, 15) is 9.59 Å². The number of carbonyl (C=O) groups excluding carboxylic acids is 1. The molecule has 0 atom stereocenters. The molecular weight excluding hydrogens is 272 g/mol. The standard InChI is InChI=1S/C13H10N6O2/c20-12-7-3-5-10(15-12)13(21)16-9-4-1-2-6-11(9)19-8-14-17-18-19/h1-8H,(H,15,20)(H,16,21). The third kappa shape index (κ3) is 2.68. The van der Waals surface area contributed by atoms with Crippen LogP contribution in [0.3, 0.4) is 0 Å². The molecule has 0 saturated heterocycles. The zero-order valence-electron chi connectivity index (χ0n) is 10.7. The molecule has 104 valence electrons. The van der Waals surface area contributed by atoms with Gasteiger partial charge in [0.15, 0.2) is 0 Å². The average Bonchev–Trinajstić information content (AvgIpc) is 3.02. The molecule has 2 heterocycles. The Balaban J connectivity index is 1.92. The van der Waals surface area contributed by atoms with E-state index >= 15 is 0 Å². The Labute approximate surface area is 118 Å². The summed E-state index contributed by atoms with van der Waals surface area (Å²) < 4.78 is 1.43. The molecule has 2 N–H and O–H groups in total. The number of H-pyrrole nitrogens is 1. The first-order valence-corrected chi connectivity index (χ1v) is 6.07. The van der Waals surface area contributed by atoms with E-state index in [1.165, 1.54) is 29.2 Å². The molecule has 0 unspecified atom stereocenters. The van der Waals surface area contributed by atoms with E-state index in [1.54, 1.807) is 24.3 Å². The quantitative estimate of drug-likeness (QED) is 0.732. The van der Waals surface area contributed by atoms with Crippen LogP contribution in [0.15, 0.2) is 53.6 Å². The number of benzene rings is 1. The topological polar surface area (TPSA) is 106 Å².